The third-order valence-corrected chi connectivity index (χ3v) is 4.22. The smallest absolute Gasteiger partial charge is 0.335 e. The predicted molar refractivity (Wildman–Crippen MR) is 72.8 cm³/mol. The normalized spacial score (nSPS) is 13.4. The molecule has 2 aromatic carbocycles. The molecular weight excluding hydrogens is 260 g/mol. The summed E-state index contributed by atoms with van der Waals surface area (Å²) in [6, 6.07) is 12.2. The number of benzene rings is 2. The molecule has 1 aliphatic heterocycles. The Morgan fingerprint density at radius 2 is 1.89 bits per heavy atom. The maximum Gasteiger partial charge on any atom is 0.335 e. The van der Waals surface area contributed by atoms with Crippen LogP contribution in [0.2, 0.25) is 0 Å². The van der Waals surface area contributed by atoms with E-state index in [1.165, 1.54) is 17.8 Å². The molecule has 3 nitrogen and oxygen atoms in total. The summed E-state index contributed by atoms with van der Waals surface area (Å²) in [5.41, 5.74) is 2.49. The summed E-state index contributed by atoms with van der Waals surface area (Å²) >= 11 is 1.50. The molecule has 1 aliphatic rings. The third kappa shape index (κ3) is 2.04. The molecule has 0 atom stereocenters. The molecule has 0 unspecified atom stereocenters. The van der Waals surface area contributed by atoms with E-state index in [0.717, 1.165) is 10.5 Å². The van der Waals surface area contributed by atoms with Crippen molar-refractivity contribution in [3.63, 3.8) is 0 Å². The van der Waals surface area contributed by atoms with Gasteiger partial charge in [0.2, 0.25) is 0 Å². The summed E-state index contributed by atoms with van der Waals surface area (Å²) in [5.74, 6) is -0.331. The van der Waals surface area contributed by atoms with Gasteiger partial charge in [0.1, 0.15) is 0 Å². The number of hydrogen-bond donors (Lipinski definition) is 1. The number of carbonyl (C=O) groups is 2. The molecule has 1 N–H and O–H groups in total. The molecule has 3 rings (SSSR count). The number of carboxylic acids is 1. The second-order valence-corrected chi connectivity index (χ2v) is 5.31. The first-order valence-electron chi connectivity index (χ1n) is 5.79. The molecule has 0 saturated heterocycles. The van der Waals surface area contributed by atoms with Gasteiger partial charge in [-0.3, -0.25) is 4.79 Å². The summed E-state index contributed by atoms with van der Waals surface area (Å²) in [4.78, 5) is 24.2. The Bertz CT molecular complexity index is 692. The molecule has 0 fully saturated rings. The molecule has 0 amide bonds. The minimum Gasteiger partial charge on any atom is -0.478 e. The summed E-state index contributed by atoms with van der Waals surface area (Å²) in [5, 5.41) is 9.00. The lowest BCUT2D eigenvalue weighted by Gasteiger charge is -2.05. The van der Waals surface area contributed by atoms with Crippen molar-refractivity contribution in [3.05, 3.63) is 64.7 Å². The minimum absolute atomic E-state index is 0.0347. The van der Waals surface area contributed by atoms with Crippen LogP contribution < -0.4 is 0 Å². The van der Waals surface area contributed by atoms with E-state index >= 15 is 0 Å². The Morgan fingerprint density at radius 3 is 2.68 bits per heavy atom. The summed E-state index contributed by atoms with van der Waals surface area (Å²) in [6.07, 6.45) is 0. The van der Waals surface area contributed by atoms with Crippen LogP contribution in [0.3, 0.4) is 0 Å². The van der Waals surface area contributed by atoms with E-state index in [1.807, 2.05) is 24.3 Å². The van der Waals surface area contributed by atoms with Gasteiger partial charge in [-0.1, -0.05) is 24.3 Å². The lowest BCUT2D eigenvalue weighted by Crippen LogP contribution is -2.05. The number of fused-ring (bicyclic) bond motifs is 2. The van der Waals surface area contributed by atoms with Gasteiger partial charge in [0.25, 0.3) is 0 Å². The van der Waals surface area contributed by atoms with E-state index in [1.54, 1.807) is 12.1 Å². The van der Waals surface area contributed by atoms with E-state index in [-0.39, 0.29) is 11.3 Å². The van der Waals surface area contributed by atoms with Crippen molar-refractivity contribution in [2.24, 2.45) is 0 Å². The second-order valence-electron chi connectivity index (χ2n) is 4.29. The van der Waals surface area contributed by atoms with Crippen molar-refractivity contribution in [2.75, 3.05) is 0 Å². The summed E-state index contributed by atoms with van der Waals surface area (Å²) in [7, 11) is 0. The first-order valence-corrected chi connectivity index (χ1v) is 6.78. The van der Waals surface area contributed by atoms with Crippen LogP contribution in [0.5, 0.6) is 0 Å². The molecule has 0 spiro atoms. The zero-order valence-corrected chi connectivity index (χ0v) is 10.7. The maximum absolute atomic E-state index is 12.4. The fourth-order valence-electron chi connectivity index (χ4n) is 2.13. The van der Waals surface area contributed by atoms with Crippen molar-refractivity contribution in [2.45, 2.75) is 10.6 Å². The van der Waals surface area contributed by atoms with Crippen molar-refractivity contribution < 1.29 is 14.7 Å². The average Bonchev–Trinajstić information content (AvgIpc) is 2.57. The number of ketones is 1. The Kier molecular flexibility index (Phi) is 2.87. The van der Waals surface area contributed by atoms with E-state index < -0.39 is 5.97 Å². The lowest BCUT2D eigenvalue weighted by atomic mass is 9.98. The fourth-order valence-corrected chi connectivity index (χ4v) is 3.22. The SMILES string of the molecule is O=C(O)c1ccc2c(c1)SCc1ccccc1C2=O. The molecule has 19 heavy (non-hydrogen) atoms. The number of carboxylic acid groups (broad SMARTS) is 1. The highest BCUT2D eigenvalue weighted by Crippen LogP contribution is 2.34. The molecule has 4 heteroatoms. The van der Waals surface area contributed by atoms with Crippen molar-refractivity contribution in [3.8, 4) is 0 Å². The van der Waals surface area contributed by atoms with Gasteiger partial charge >= 0.3 is 5.97 Å². The van der Waals surface area contributed by atoms with Gasteiger partial charge in [0.05, 0.1) is 5.56 Å². The van der Waals surface area contributed by atoms with Gasteiger partial charge < -0.3 is 5.11 Å². The van der Waals surface area contributed by atoms with E-state index in [0.29, 0.717) is 16.9 Å². The molecule has 2 aromatic rings. The Balaban J connectivity index is 2.15. The number of thioether (sulfide) groups is 1. The molecule has 0 saturated carbocycles. The highest BCUT2D eigenvalue weighted by molar-refractivity contribution is 7.98. The van der Waals surface area contributed by atoms with Gasteiger partial charge in [0.15, 0.2) is 5.78 Å². The van der Waals surface area contributed by atoms with E-state index in [9.17, 15) is 9.59 Å². The molecule has 0 bridgehead atoms. The van der Waals surface area contributed by atoms with Gasteiger partial charge in [-0.05, 0) is 23.8 Å². The number of aromatic carboxylic acids is 1. The highest BCUT2D eigenvalue weighted by atomic mass is 32.2. The summed E-state index contributed by atoms with van der Waals surface area (Å²) < 4.78 is 0. The summed E-state index contributed by atoms with van der Waals surface area (Å²) in [6.45, 7) is 0. The predicted octanol–water partition coefficient (Wildman–Crippen LogP) is 3.22. The Hall–Kier alpha value is -2.07. The minimum atomic E-state index is -0.974. The van der Waals surface area contributed by atoms with Gasteiger partial charge in [0, 0.05) is 21.8 Å². The Labute approximate surface area is 114 Å². The maximum atomic E-state index is 12.4. The largest absolute Gasteiger partial charge is 0.478 e. The van der Waals surface area contributed by atoms with Crippen LogP contribution in [-0.4, -0.2) is 16.9 Å². The highest BCUT2D eigenvalue weighted by Gasteiger charge is 2.22. The lowest BCUT2D eigenvalue weighted by molar-refractivity contribution is 0.0696. The fraction of sp³-hybridized carbons (Fsp3) is 0.0667. The van der Waals surface area contributed by atoms with Crippen LogP contribution in [0, 0.1) is 0 Å². The van der Waals surface area contributed by atoms with Crippen LogP contribution in [0.4, 0.5) is 0 Å². The Morgan fingerprint density at radius 1 is 1.11 bits per heavy atom. The quantitative estimate of drug-likeness (QED) is 0.864. The van der Waals surface area contributed by atoms with Crippen molar-refractivity contribution in [1.29, 1.82) is 0 Å². The van der Waals surface area contributed by atoms with Crippen LogP contribution in [-0.2, 0) is 5.75 Å². The first kappa shape index (κ1) is 12.0. The monoisotopic (exact) mass is 270 g/mol. The van der Waals surface area contributed by atoms with E-state index in [4.69, 9.17) is 5.11 Å². The van der Waals surface area contributed by atoms with Crippen molar-refractivity contribution >= 4 is 23.5 Å². The van der Waals surface area contributed by atoms with Gasteiger partial charge in [-0.25, -0.2) is 4.79 Å². The molecular formula is C15H10O3S. The van der Waals surface area contributed by atoms with Gasteiger partial charge in [-0.15, -0.1) is 11.8 Å². The number of hydrogen-bond acceptors (Lipinski definition) is 3. The third-order valence-electron chi connectivity index (χ3n) is 3.12. The van der Waals surface area contributed by atoms with Crippen LogP contribution in [0.25, 0.3) is 0 Å². The standard InChI is InChI=1S/C15H10O3S/c16-14-11-4-2-1-3-10(11)8-19-13-7-9(15(17)18)5-6-12(13)14/h1-7H,8H2,(H,17,18). The molecule has 94 valence electrons. The first-order chi connectivity index (χ1) is 9.16. The zero-order valence-electron chi connectivity index (χ0n) is 9.92. The zero-order chi connectivity index (χ0) is 13.4. The van der Waals surface area contributed by atoms with Crippen LogP contribution >= 0.6 is 11.8 Å². The van der Waals surface area contributed by atoms with E-state index in [2.05, 4.69) is 0 Å². The molecule has 0 aromatic heterocycles. The molecule has 0 radical (unpaired) electrons. The second kappa shape index (κ2) is 4.55. The van der Waals surface area contributed by atoms with Crippen molar-refractivity contribution in [1.82, 2.24) is 0 Å². The average molecular weight is 270 g/mol. The number of rotatable bonds is 1. The van der Waals surface area contributed by atoms with Crippen LogP contribution in [0.1, 0.15) is 31.8 Å². The van der Waals surface area contributed by atoms with Gasteiger partial charge in [-0.2, -0.15) is 0 Å². The topological polar surface area (TPSA) is 54.4 Å². The van der Waals surface area contributed by atoms with Crippen LogP contribution in [0.15, 0.2) is 47.4 Å². The molecule has 0 aliphatic carbocycles. The molecule has 1 heterocycles. The number of carbonyl (C=O) groups excluding carboxylic acids is 1.